The lowest BCUT2D eigenvalue weighted by Crippen LogP contribution is -2.13. The van der Waals surface area contributed by atoms with Crippen LogP contribution in [-0.4, -0.2) is 13.1 Å². The third-order valence-corrected chi connectivity index (χ3v) is 4.41. The summed E-state index contributed by atoms with van der Waals surface area (Å²) < 4.78 is 4.81. The van der Waals surface area contributed by atoms with Crippen LogP contribution in [-0.2, 0) is 9.53 Å². The maximum Gasteiger partial charge on any atom is 0.308 e. The summed E-state index contributed by atoms with van der Waals surface area (Å²) in [7, 11) is 1.50. The van der Waals surface area contributed by atoms with Crippen molar-refractivity contribution in [3.05, 3.63) is 0 Å². The molecule has 0 spiro atoms. The average Bonchev–Trinajstić information content (AvgIpc) is 2.65. The van der Waals surface area contributed by atoms with Crippen LogP contribution in [0.15, 0.2) is 0 Å². The minimum absolute atomic E-state index is 0.00700. The first-order valence-corrected chi connectivity index (χ1v) is 6.11. The number of carbonyl (C=O) groups is 1. The van der Waals surface area contributed by atoms with Crippen molar-refractivity contribution >= 4 is 5.97 Å². The summed E-state index contributed by atoms with van der Waals surface area (Å²) in [6, 6.07) is 0. The summed E-state index contributed by atoms with van der Waals surface area (Å²) in [6.45, 7) is 4.70. The van der Waals surface area contributed by atoms with Crippen molar-refractivity contribution in [2.75, 3.05) is 7.11 Å². The number of hydrogen-bond donors (Lipinski definition) is 0. The van der Waals surface area contributed by atoms with Crippen LogP contribution in [0, 0.1) is 23.2 Å². The van der Waals surface area contributed by atoms with E-state index in [0.717, 1.165) is 24.7 Å². The smallest absolute Gasteiger partial charge is 0.308 e. The van der Waals surface area contributed by atoms with Crippen LogP contribution in [0.2, 0.25) is 0 Å². The molecule has 3 atom stereocenters. The standard InChI is InChI=1S/C13H22O2/c1-13(2)8-11(13)7-9-4-5-10(6-9)12(14)15-3/h9-11H,4-8H2,1-3H3. The highest BCUT2D eigenvalue weighted by Gasteiger charge is 2.47. The number of carbonyl (C=O) groups excluding carboxylic acids is 1. The lowest BCUT2D eigenvalue weighted by molar-refractivity contribution is -0.145. The highest BCUT2D eigenvalue weighted by molar-refractivity contribution is 5.72. The Labute approximate surface area is 92.4 Å². The molecule has 2 aliphatic rings. The Morgan fingerprint density at radius 2 is 2.07 bits per heavy atom. The van der Waals surface area contributed by atoms with E-state index in [1.807, 2.05) is 0 Å². The van der Waals surface area contributed by atoms with E-state index in [2.05, 4.69) is 13.8 Å². The predicted molar refractivity (Wildman–Crippen MR) is 59.4 cm³/mol. The van der Waals surface area contributed by atoms with E-state index in [9.17, 15) is 4.79 Å². The molecule has 2 rings (SSSR count). The molecule has 2 nitrogen and oxygen atoms in total. The van der Waals surface area contributed by atoms with Crippen LogP contribution in [0.25, 0.3) is 0 Å². The normalized spacial score (nSPS) is 37.7. The molecule has 2 fully saturated rings. The van der Waals surface area contributed by atoms with Gasteiger partial charge in [-0.15, -0.1) is 0 Å². The van der Waals surface area contributed by atoms with Crippen LogP contribution < -0.4 is 0 Å². The second-order valence-corrected chi connectivity index (χ2v) is 6.02. The van der Waals surface area contributed by atoms with Gasteiger partial charge in [0.1, 0.15) is 0 Å². The zero-order chi connectivity index (χ0) is 11.1. The fraction of sp³-hybridized carbons (Fsp3) is 0.923. The van der Waals surface area contributed by atoms with Crippen molar-refractivity contribution in [1.29, 1.82) is 0 Å². The molecule has 86 valence electrons. The summed E-state index contributed by atoms with van der Waals surface area (Å²) in [5, 5.41) is 0. The SMILES string of the molecule is COC(=O)C1CCC(CC2CC2(C)C)C1. The monoisotopic (exact) mass is 210 g/mol. The van der Waals surface area contributed by atoms with Crippen molar-refractivity contribution in [2.24, 2.45) is 23.2 Å². The molecule has 0 heterocycles. The number of methoxy groups -OCH3 is 1. The van der Waals surface area contributed by atoms with Gasteiger partial charge in [0.25, 0.3) is 0 Å². The van der Waals surface area contributed by atoms with Crippen molar-refractivity contribution in [3.8, 4) is 0 Å². The molecular weight excluding hydrogens is 188 g/mol. The van der Waals surface area contributed by atoms with E-state index in [0.29, 0.717) is 5.41 Å². The molecule has 0 saturated heterocycles. The van der Waals surface area contributed by atoms with Gasteiger partial charge >= 0.3 is 5.97 Å². The van der Waals surface area contributed by atoms with Gasteiger partial charge in [-0.3, -0.25) is 4.79 Å². The summed E-state index contributed by atoms with van der Waals surface area (Å²) in [5.41, 5.74) is 0.587. The molecule has 0 aromatic carbocycles. The Hall–Kier alpha value is -0.530. The van der Waals surface area contributed by atoms with Gasteiger partial charge in [-0.1, -0.05) is 13.8 Å². The first-order chi connectivity index (χ1) is 7.03. The van der Waals surface area contributed by atoms with E-state index >= 15 is 0 Å². The molecule has 0 aliphatic heterocycles. The van der Waals surface area contributed by atoms with Crippen molar-refractivity contribution < 1.29 is 9.53 Å². The van der Waals surface area contributed by atoms with Gasteiger partial charge in [0.2, 0.25) is 0 Å². The Balaban J connectivity index is 1.76. The highest BCUT2D eigenvalue weighted by atomic mass is 16.5. The molecule has 2 aliphatic carbocycles. The van der Waals surface area contributed by atoms with Crippen molar-refractivity contribution in [1.82, 2.24) is 0 Å². The van der Waals surface area contributed by atoms with Crippen molar-refractivity contribution in [2.45, 2.75) is 46.0 Å². The second-order valence-electron chi connectivity index (χ2n) is 6.02. The molecule has 0 aromatic rings. The van der Waals surface area contributed by atoms with Gasteiger partial charge in [0.05, 0.1) is 13.0 Å². The summed E-state index contributed by atoms with van der Waals surface area (Å²) >= 11 is 0. The molecule has 0 amide bonds. The maximum atomic E-state index is 11.4. The number of rotatable bonds is 3. The topological polar surface area (TPSA) is 26.3 Å². The summed E-state index contributed by atoms with van der Waals surface area (Å²) in [5.74, 6) is 1.90. The Bertz CT molecular complexity index is 257. The second kappa shape index (κ2) is 3.80. The maximum absolute atomic E-state index is 11.4. The molecular formula is C13H22O2. The lowest BCUT2D eigenvalue weighted by atomic mass is 9.95. The van der Waals surface area contributed by atoms with Crippen LogP contribution in [0.3, 0.4) is 0 Å². The Morgan fingerprint density at radius 1 is 1.40 bits per heavy atom. The van der Waals surface area contributed by atoms with Gasteiger partial charge < -0.3 is 4.74 Å². The van der Waals surface area contributed by atoms with Gasteiger partial charge in [-0.2, -0.15) is 0 Å². The van der Waals surface area contributed by atoms with Gasteiger partial charge in [0, 0.05) is 0 Å². The van der Waals surface area contributed by atoms with E-state index < -0.39 is 0 Å². The Morgan fingerprint density at radius 3 is 2.60 bits per heavy atom. The van der Waals surface area contributed by atoms with Crippen LogP contribution in [0.1, 0.15) is 46.0 Å². The first kappa shape index (κ1) is 11.0. The summed E-state index contributed by atoms with van der Waals surface area (Å²) in [4.78, 5) is 11.4. The highest BCUT2D eigenvalue weighted by Crippen LogP contribution is 2.56. The zero-order valence-corrected chi connectivity index (χ0v) is 10.1. The molecule has 0 N–H and O–H groups in total. The Kier molecular flexibility index (Phi) is 2.78. The predicted octanol–water partition coefficient (Wildman–Crippen LogP) is 3.01. The molecule has 0 aromatic heterocycles. The number of ether oxygens (including phenoxy) is 1. The molecule has 0 radical (unpaired) electrons. The molecule has 0 bridgehead atoms. The van der Waals surface area contributed by atoms with Crippen LogP contribution in [0.4, 0.5) is 0 Å². The van der Waals surface area contributed by atoms with Gasteiger partial charge in [-0.25, -0.2) is 0 Å². The fourth-order valence-electron chi connectivity index (χ4n) is 3.05. The van der Waals surface area contributed by atoms with E-state index in [-0.39, 0.29) is 11.9 Å². The number of hydrogen-bond acceptors (Lipinski definition) is 2. The molecule has 2 saturated carbocycles. The zero-order valence-electron chi connectivity index (χ0n) is 10.1. The molecule has 3 unspecified atom stereocenters. The van der Waals surface area contributed by atoms with E-state index in [1.165, 1.54) is 26.4 Å². The first-order valence-electron chi connectivity index (χ1n) is 6.11. The van der Waals surface area contributed by atoms with Gasteiger partial charge in [-0.05, 0) is 49.4 Å². The van der Waals surface area contributed by atoms with E-state index in [4.69, 9.17) is 4.74 Å². The lowest BCUT2D eigenvalue weighted by Gasteiger charge is -2.11. The molecule has 2 heteroatoms. The fourth-order valence-corrected chi connectivity index (χ4v) is 3.05. The molecule has 15 heavy (non-hydrogen) atoms. The summed E-state index contributed by atoms with van der Waals surface area (Å²) in [6.07, 6.45) is 6.06. The minimum Gasteiger partial charge on any atom is -0.469 e. The third kappa shape index (κ3) is 2.35. The quantitative estimate of drug-likeness (QED) is 0.669. The van der Waals surface area contributed by atoms with Crippen LogP contribution in [0.5, 0.6) is 0 Å². The third-order valence-electron chi connectivity index (χ3n) is 4.41. The minimum atomic E-state index is 0.00700. The van der Waals surface area contributed by atoms with Gasteiger partial charge in [0.15, 0.2) is 0 Å². The number of esters is 1. The van der Waals surface area contributed by atoms with E-state index in [1.54, 1.807) is 0 Å². The largest absolute Gasteiger partial charge is 0.469 e. The van der Waals surface area contributed by atoms with Crippen LogP contribution >= 0.6 is 0 Å². The average molecular weight is 210 g/mol. The van der Waals surface area contributed by atoms with Crippen molar-refractivity contribution in [3.63, 3.8) is 0 Å².